The Bertz CT molecular complexity index is 246. The highest BCUT2D eigenvalue weighted by Crippen LogP contribution is 2.46. The van der Waals surface area contributed by atoms with Crippen molar-refractivity contribution in [2.75, 3.05) is 49.9 Å². The molecule has 0 amide bonds. The minimum absolute atomic E-state index is 0.0382. The average molecular weight is 386 g/mol. The third-order valence-corrected chi connectivity index (χ3v) is 5.01. The van der Waals surface area contributed by atoms with E-state index in [-0.39, 0.29) is 6.61 Å². The van der Waals surface area contributed by atoms with E-state index in [0.717, 1.165) is 0 Å². The van der Waals surface area contributed by atoms with Gasteiger partial charge in [-0.3, -0.25) is 4.57 Å². The maximum Gasteiger partial charge on any atom is 0.343 e. The predicted octanol–water partition coefficient (Wildman–Crippen LogP) is 2.26. The highest BCUT2D eigenvalue weighted by atomic mass is 79.9. The van der Waals surface area contributed by atoms with Crippen LogP contribution < -0.4 is 5.09 Å². The first-order valence-corrected chi connectivity index (χ1v) is 9.45. The average Bonchev–Trinajstić information content (AvgIpc) is 2.36. The van der Waals surface area contributed by atoms with Crippen molar-refractivity contribution in [3.05, 3.63) is 0 Å². The van der Waals surface area contributed by atoms with E-state index in [1.54, 1.807) is 4.67 Å². The summed E-state index contributed by atoms with van der Waals surface area (Å²) in [5.41, 5.74) is 0. The van der Waals surface area contributed by atoms with Gasteiger partial charge in [-0.2, -0.15) is 0 Å². The van der Waals surface area contributed by atoms with E-state index in [1.165, 1.54) is 0 Å². The Morgan fingerprint density at radius 1 is 1.33 bits per heavy atom. The van der Waals surface area contributed by atoms with Crippen LogP contribution in [-0.2, 0) is 9.09 Å². The largest absolute Gasteiger partial charge is 0.396 e. The van der Waals surface area contributed by atoms with E-state index >= 15 is 0 Å². The Hall–Kier alpha value is 1.13. The van der Waals surface area contributed by atoms with Crippen molar-refractivity contribution < 1.29 is 14.2 Å². The smallest absolute Gasteiger partial charge is 0.343 e. The molecular weight excluding hydrogens is 366 g/mol. The number of nitrogens with zero attached hydrogens (tertiary/aromatic N) is 1. The van der Waals surface area contributed by atoms with E-state index in [0.29, 0.717) is 49.8 Å². The number of rotatable bonds is 12. The zero-order chi connectivity index (χ0) is 13.9. The predicted molar refractivity (Wildman–Crippen MR) is 80.1 cm³/mol. The molecule has 0 rings (SSSR count). The van der Waals surface area contributed by atoms with Crippen LogP contribution in [0.2, 0.25) is 0 Å². The minimum Gasteiger partial charge on any atom is -0.396 e. The van der Waals surface area contributed by atoms with Crippen LogP contribution in [0, 0.1) is 0 Å². The van der Waals surface area contributed by atoms with Gasteiger partial charge in [-0.1, -0.05) is 15.9 Å². The molecule has 0 aliphatic rings. The molecule has 0 aromatic carbocycles. The normalized spacial score (nSPS) is 14.9. The summed E-state index contributed by atoms with van der Waals surface area (Å²) in [6.45, 7) is 1.64. The second-order valence-electron chi connectivity index (χ2n) is 3.36. The number of nitrogens with one attached hydrogen (secondary N) is 1. The first kappa shape index (κ1) is 19.1. The maximum absolute atomic E-state index is 12.7. The molecule has 0 fully saturated rings. The standard InChI is InChI=1S/C9H20BrCl2N2O3P/c10-2-9-17-18(16,13-5-1-8-15)14(6-3-11)7-4-12/h15H,1-9H2,(H,13,16). The molecule has 0 aliphatic heterocycles. The van der Waals surface area contributed by atoms with Crippen LogP contribution >= 0.6 is 46.8 Å². The number of alkyl halides is 3. The van der Waals surface area contributed by atoms with Crippen LogP contribution in [0.3, 0.4) is 0 Å². The van der Waals surface area contributed by atoms with Gasteiger partial charge in [-0.15, -0.1) is 23.2 Å². The summed E-state index contributed by atoms with van der Waals surface area (Å²) in [5.74, 6) is 0.695. The number of aliphatic hydroxyl groups excluding tert-OH is 1. The number of halogens is 3. The molecule has 1 atom stereocenters. The summed E-state index contributed by atoms with van der Waals surface area (Å²) >= 11 is 14.6. The highest BCUT2D eigenvalue weighted by molar-refractivity contribution is 9.09. The Kier molecular flexibility index (Phi) is 12.7. The Labute approximate surface area is 127 Å². The van der Waals surface area contributed by atoms with Crippen molar-refractivity contribution in [2.24, 2.45) is 0 Å². The van der Waals surface area contributed by atoms with Crippen molar-refractivity contribution >= 4 is 46.8 Å². The van der Waals surface area contributed by atoms with Gasteiger partial charge in [0.1, 0.15) is 0 Å². The first-order valence-electron chi connectivity index (χ1n) is 5.68. The van der Waals surface area contributed by atoms with Crippen molar-refractivity contribution in [3.63, 3.8) is 0 Å². The zero-order valence-electron chi connectivity index (χ0n) is 10.2. The number of hydrogen-bond acceptors (Lipinski definition) is 3. The van der Waals surface area contributed by atoms with E-state index in [9.17, 15) is 4.57 Å². The summed E-state index contributed by atoms with van der Waals surface area (Å²) in [7, 11) is -3.14. The minimum atomic E-state index is -3.14. The summed E-state index contributed by atoms with van der Waals surface area (Å²) in [6, 6.07) is 0. The molecule has 0 saturated heterocycles. The monoisotopic (exact) mass is 384 g/mol. The Morgan fingerprint density at radius 2 is 1.94 bits per heavy atom. The van der Waals surface area contributed by atoms with Crippen LogP contribution in [0.4, 0.5) is 0 Å². The Morgan fingerprint density at radius 3 is 2.39 bits per heavy atom. The molecule has 0 radical (unpaired) electrons. The molecule has 9 heteroatoms. The van der Waals surface area contributed by atoms with Gasteiger partial charge in [0, 0.05) is 43.3 Å². The quantitative estimate of drug-likeness (QED) is 0.306. The van der Waals surface area contributed by atoms with E-state index in [1.807, 2.05) is 0 Å². The van der Waals surface area contributed by atoms with Crippen LogP contribution in [0.25, 0.3) is 0 Å². The van der Waals surface area contributed by atoms with Crippen LogP contribution in [0.1, 0.15) is 6.42 Å². The summed E-state index contributed by atoms with van der Waals surface area (Å²) in [5, 5.41) is 12.2. The maximum atomic E-state index is 12.7. The van der Waals surface area contributed by atoms with Crippen LogP contribution in [0.5, 0.6) is 0 Å². The lowest BCUT2D eigenvalue weighted by molar-refractivity contribution is 0.264. The first-order chi connectivity index (χ1) is 8.64. The lowest BCUT2D eigenvalue weighted by atomic mass is 10.5. The van der Waals surface area contributed by atoms with Gasteiger partial charge in [0.05, 0.1) is 6.61 Å². The van der Waals surface area contributed by atoms with Gasteiger partial charge in [0.15, 0.2) is 0 Å². The third kappa shape index (κ3) is 7.65. The van der Waals surface area contributed by atoms with Gasteiger partial charge >= 0.3 is 7.67 Å². The summed E-state index contributed by atoms with van der Waals surface area (Å²) in [6.07, 6.45) is 0.511. The van der Waals surface area contributed by atoms with Gasteiger partial charge in [0.2, 0.25) is 0 Å². The van der Waals surface area contributed by atoms with E-state index < -0.39 is 7.67 Å². The SMILES string of the molecule is O=P(NCCCO)(OCCBr)N(CCCl)CCCl. The second kappa shape index (κ2) is 11.9. The van der Waals surface area contributed by atoms with Crippen molar-refractivity contribution in [1.29, 1.82) is 0 Å². The summed E-state index contributed by atoms with van der Waals surface area (Å²) in [4.78, 5) is 0. The van der Waals surface area contributed by atoms with Crippen molar-refractivity contribution in [3.8, 4) is 0 Å². The lowest BCUT2D eigenvalue weighted by Gasteiger charge is -2.30. The highest BCUT2D eigenvalue weighted by Gasteiger charge is 2.30. The lowest BCUT2D eigenvalue weighted by Crippen LogP contribution is -2.33. The fourth-order valence-electron chi connectivity index (χ4n) is 1.26. The molecular formula is C9H20BrCl2N2O3P. The van der Waals surface area contributed by atoms with Gasteiger partial charge in [-0.05, 0) is 6.42 Å². The van der Waals surface area contributed by atoms with Crippen molar-refractivity contribution in [1.82, 2.24) is 9.76 Å². The van der Waals surface area contributed by atoms with Gasteiger partial charge in [0.25, 0.3) is 0 Å². The van der Waals surface area contributed by atoms with Crippen LogP contribution in [0.15, 0.2) is 0 Å². The second-order valence-corrected chi connectivity index (χ2v) is 7.09. The molecule has 0 saturated carbocycles. The number of aliphatic hydroxyl groups is 1. The molecule has 0 aromatic heterocycles. The molecule has 0 aliphatic carbocycles. The molecule has 0 spiro atoms. The third-order valence-electron chi connectivity index (χ3n) is 2.05. The zero-order valence-corrected chi connectivity index (χ0v) is 14.1. The van der Waals surface area contributed by atoms with E-state index in [2.05, 4.69) is 21.0 Å². The molecule has 0 heterocycles. The molecule has 1 unspecified atom stereocenters. The fraction of sp³-hybridized carbons (Fsp3) is 1.00. The molecule has 0 aromatic rings. The molecule has 110 valence electrons. The van der Waals surface area contributed by atoms with E-state index in [4.69, 9.17) is 32.8 Å². The van der Waals surface area contributed by atoms with Gasteiger partial charge in [-0.25, -0.2) is 9.76 Å². The number of hydrogen-bond donors (Lipinski definition) is 2. The molecule has 5 nitrogen and oxygen atoms in total. The Balaban J connectivity index is 4.60. The summed E-state index contributed by atoms with van der Waals surface area (Å²) < 4.78 is 19.7. The van der Waals surface area contributed by atoms with Crippen LogP contribution in [-0.4, -0.2) is 59.7 Å². The van der Waals surface area contributed by atoms with Gasteiger partial charge < -0.3 is 9.63 Å². The molecule has 2 N–H and O–H groups in total. The van der Waals surface area contributed by atoms with Crippen molar-refractivity contribution in [2.45, 2.75) is 6.42 Å². The fourth-order valence-corrected chi connectivity index (χ4v) is 4.27. The molecule has 18 heavy (non-hydrogen) atoms. The topological polar surface area (TPSA) is 61.8 Å². The molecule has 0 bridgehead atoms.